The molecule has 0 saturated heterocycles. The van der Waals surface area contributed by atoms with Gasteiger partial charge in [-0.15, -0.1) is 0 Å². The number of nitrogens with zero attached hydrogens (tertiary/aromatic N) is 1. The molecule has 0 bridgehead atoms. The van der Waals surface area contributed by atoms with E-state index in [1.165, 1.54) is 105 Å². The predicted molar refractivity (Wildman–Crippen MR) is 255 cm³/mol. The summed E-state index contributed by atoms with van der Waals surface area (Å²) in [4.78, 5) is 2.49. The highest BCUT2D eigenvalue weighted by Crippen LogP contribution is 2.62. The SMILES string of the molecule is CC1(C)c2ccccc2-c2ccc(N(c3ccccc3)c3ccc4c5c(cccc35)C3(c5ccccc5-c5cccc6cccc3c56)c3cc(-c5ccccc5)ccc3-4)cc21. The zero-order valence-corrected chi connectivity index (χ0v) is 34.2. The maximum absolute atomic E-state index is 2.50. The molecule has 0 amide bonds. The van der Waals surface area contributed by atoms with Crippen molar-refractivity contribution >= 4 is 38.6 Å². The summed E-state index contributed by atoms with van der Waals surface area (Å²) in [7, 11) is 0. The van der Waals surface area contributed by atoms with Crippen LogP contribution < -0.4 is 4.90 Å². The minimum Gasteiger partial charge on any atom is -0.310 e. The summed E-state index contributed by atoms with van der Waals surface area (Å²) < 4.78 is 0. The van der Waals surface area contributed by atoms with Gasteiger partial charge in [0.2, 0.25) is 0 Å². The van der Waals surface area contributed by atoms with Gasteiger partial charge in [0.25, 0.3) is 0 Å². The van der Waals surface area contributed by atoms with Crippen molar-refractivity contribution in [1.82, 2.24) is 0 Å². The Hall–Kier alpha value is -7.48. The highest BCUT2D eigenvalue weighted by molar-refractivity contribution is 6.14. The molecule has 0 saturated carbocycles. The number of benzene rings is 10. The van der Waals surface area contributed by atoms with E-state index in [4.69, 9.17) is 0 Å². The van der Waals surface area contributed by atoms with Crippen LogP contribution in [0.15, 0.2) is 212 Å². The second-order valence-corrected chi connectivity index (χ2v) is 17.6. The molecule has 0 heterocycles. The fourth-order valence-corrected chi connectivity index (χ4v) is 11.7. The first-order valence-electron chi connectivity index (χ1n) is 21.5. The molecule has 1 nitrogen and oxygen atoms in total. The number of rotatable bonds is 4. The van der Waals surface area contributed by atoms with E-state index in [0.29, 0.717) is 0 Å². The van der Waals surface area contributed by atoms with Crippen LogP contribution in [0.4, 0.5) is 17.1 Å². The third-order valence-electron chi connectivity index (χ3n) is 14.3. The second-order valence-electron chi connectivity index (χ2n) is 17.6. The average molecular weight is 776 g/mol. The van der Waals surface area contributed by atoms with Crippen molar-refractivity contribution in [2.24, 2.45) is 0 Å². The molecule has 1 atom stereocenters. The summed E-state index contributed by atoms with van der Waals surface area (Å²) >= 11 is 0. The fourth-order valence-electron chi connectivity index (χ4n) is 11.7. The Balaban J connectivity index is 1.14. The van der Waals surface area contributed by atoms with Gasteiger partial charge in [0, 0.05) is 22.2 Å². The van der Waals surface area contributed by atoms with Gasteiger partial charge in [0.05, 0.1) is 11.1 Å². The summed E-state index contributed by atoms with van der Waals surface area (Å²) in [5.74, 6) is 0. The van der Waals surface area contributed by atoms with Crippen molar-refractivity contribution in [3.05, 3.63) is 246 Å². The van der Waals surface area contributed by atoms with Crippen molar-refractivity contribution < 1.29 is 0 Å². The van der Waals surface area contributed by atoms with E-state index in [-0.39, 0.29) is 5.41 Å². The van der Waals surface area contributed by atoms with Gasteiger partial charge in [0.15, 0.2) is 0 Å². The number of hydrogen-bond donors (Lipinski definition) is 0. The quantitative estimate of drug-likeness (QED) is 0.172. The molecule has 3 aliphatic rings. The highest BCUT2D eigenvalue weighted by Gasteiger charge is 2.49. The lowest BCUT2D eigenvalue weighted by atomic mass is 9.55. The first kappa shape index (κ1) is 34.4. The lowest BCUT2D eigenvalue weighted by Gasteiger charge is -2.46. The summed E-state index contributed by atoms with van der Waals surface area (Å²) in [5.41, 5.74) is 21.1. The fraction of sp³-hybridized carbons (Fsp3) is 0.0667. The zero-order chi connectivity index (χ0) is 40.5. The van der Waals surface area contributed by atoms with Gasteiger partial charge in [-0.1, -0.05) is 190 Å². The van der Waals surface area contributed by atoms with E-state index in [0.717, 1.165) is 11.4 Å². The van der Waals surface area contributed by atoms with E-state index in [1.807, 2.05) is 0 Å². The summed E-state index contributed by atoms with van der Waals surface area (Å²) in [6.45, 7) is 4.75. The van der Waals surface area contributed by atoms with Crippen LogP contribution in [0.3, 0.4) is 0 Å². The van der Waals surface area contributed by atoms with Gasteiger partial charge in [0.1, 0.15) is 0 Å². The molecule has 1 spiro atoms. The van der Waals surface area contributed by atoms with Crippen molar-refractivity contribution in [3.8, 4) is 44.5 Å². The van der Waals surface area contributed by atoms with Crippen LogP contribution in [-0.4, -0.2) is 0 Å². The van der Waals surface area contributed by atoms with Gasteiger partial charge in [-0.2, -0.15) is 0 Å². The van der Waals surface area contributed by atoms with Crippen molar-refractivity contribution in [3.63, 3.8) is 0 Å². The van der Waals surface area contributed by atoms with E-state index in [1.54, 1.807) is 0 Å². The number of fused-ring (bicyclic) bond motifs is 11. The molecule has 61 heavy (non-hydrogen) atoms. The van der Waals surface area contributed by atoms with E-state index >= 15 is 0 Å². The van der Waals surface area contributed by atoms with Crippen molar-refractivity contribution in [2.75, 3.05) is 4.90 Å². The van der Waals surface area contributed by atoms with Crippen LogP contribution in [0.5, 0.6) is 0 Å². The lowest BCUT2D eigenvalue weighted by Crippen LogP contribution is -2.36. The summed E-state index contributed by atoms with van der Waals surface area (Å²) in [5, 5.41) is 5.15. The monoisotopic (exact) mass is 775 g/mol. The van der Waals surface area contributed by atoms with Gasteiger partial charge >= 0.3 is 0 Å². The molecule has 10 aromatic rings. The van der Waals surface area contributed by atoms with Gasteiger partial charge < -0.3 is 4.90 Å². The van der Waals surface area contributed by atoms with Crippen LogP contribution in [-0.2, 0) is 10.8 Å². The minimum atomic E-state index is -0.587. The number of para-hydroxylation sites is 1. The molecule has 13 rings (SSSR count). The molecule has 0 aliphatic heterocycles. The molecule has 286 valence electrons. The third-order valence-corrected chi connectivity index (χ3v) is 14.3. The van der Waals surface area contributed by atoms with Crippen LogP contribution >= 0.6 is 0 Å². The first-order valence-corrected chi connectivity index (χ1v) is 21.5. The molecule has 0 N–H and O–H groups in total. The molecule has 3 aliphatic carbocycles. The number of anilines is 3. The third kappa shape index (κ3) is 4.56. The van der Waals surface area contributed by atoms with Crippen molar-refractivity contribution in [1.29, 1.82) is 0 Å². The smallest absolute Gasteiger partial charge is 0.0726 e. The van der Waals surface area contributed by atoms with Gasteiger partial charge in [-0.3, -0.25) is 0 Å². The summed E-state index contributed by atoms with van der Waals surface area (Å²) in [6.07, 6.45) is 0. The second kappa shape index (κ2) is 12.5. The molecular formula is C60H41N. The molecule has 0 radical (unpaired) electrons. The average Bonchev–Trinajstić information content (AvgIpc) is 3.55. The Morgan fingerprint density at radius 3 is 1.69 bits per heavy atom. The van der Waals surface area contributed by atoms with E-state index in [2.05, 4.69) is 231 Å². The molecular weight excluding hydrogens is 735 g/mol. The lowest BCUT2D eigenvalue weighted by molar-refractivity contribution is 0.660. The van der Waals surface area contributed by atoms with Crippen LogP contribution in [0.1, 0.15) is 47.2 Å². The topological polar surface area (TPSA) is 3.24 Å². The Bertz CT molecular complexity index is 3440. The van der Waals surface area contributed by atoms with Gasteiger partial charge in [-0.25, -0.2) is 0 Å². The molecule has 0 fully saturated rings. The maximum atomic E-state index is 2.50. The maximum Gasteiger partial charge on any atom is 0.0726 e. The molecule has 1 heteroatoms. The van der Waals surface area contributed by atoms with E-state index in [9.17, 15) is 0 Å². The molecule has 10 aromatic carbocycles. The predicted octanol–water partition coefficient (Wildman–Crippen LogP) is 15.8. The standard InChI is InChI=1S/C60H41N/c1-59(2)50-26-11-9-22-43(50)45-33-31-42(37-54(45)59)61(41-20-7-4-8-21-41)56-35-34-48-46-32-30-40(38-16-5-3-6-17-38)36-55(46)60(53-29-15-25-49(56)58(48)53)51-27-12-10-23-44(51)47-24-13-18-39-19-14-28-52(60)57(39)47/h3-37H,1-2H3. The Labute approximate surface area is 356 Å². The number of hydrogen-bond acceptors (Lipinski definition) is 1. The van der Waals surface area contributed by atoms with Crippen molar-refractivity contribution in [2.45, 2.75) is 24.7 Å². The zero-order valence-electron chi connectivity index (χ0n) is 34.2. The minimum absolute atomic E-state index is 0.120. The Morgan fingerprint density at radius 1 is 0.328 bits per heavy atom. The largest absolute Gasteiger partial charge is 0.310 e. The Kier molecular flexibility index (Phi) is 7.06. The van der Waals surface area contributed by atoms with Crippen LogP contribution in [0, 0.1) is 0 Å². The van der Waals surface area contributed by atoms with Crippen LogP contribution in [0.25, 0.3) is 66.1 Å². The molecule has 1 unspecified atom stereocenters. The van der Waals surface area contributed by atoms with Crippen LogP contribution in [0.2, 0.25) is 0 Å². The Morgan fingerprint density at radius 2 is 0.885 bits per heavy atom. The van der Waals surface area contributed by atoms with Gasteiger partial charge in [-0.05, 0) is 130 Å². The molecule has 0 aromatic heterocycles. The van der Waals surface area contributed by atoms with E-state index < -0.39 is 5.41 Å². The first-order chi connectivity index (χ1) is 30.0. The summed E-state index contributed by atoms with van der Waals surface area (Å²) in [6, 6.07) is 80.0. The highest BCUT2D eigenvalue weighted by atomic mass is 15.1. The normalized spacial score (nSPS) is 15.9.